The molecule has 0 aromatic heterocycles. The molecule has 20 heavy (non-hydrogen) atoms. The average Bonchev–Trinajstić information content (AvgIpc) is 2.33. The zero-order valence-electron chi connectivity index (χ0n) is 9.72. The number of benzene rings is 1. The maximum atomic E-state index is 12.5. The van der Waals surface area contributed by atoms with Crippen LogP contribution in [0.4, 0.5) is 26.3 Å². The molecular formula is C11H9ClF6O2. The largest absolute Gasteiger partial charge is 0.491 e. The predicted octanol–water partition coefficient (Wildman–Crippen LogP) is 3.70. The Morgan fingerprint density at radius 3 is 1.80 bits per heavy atom. The highest BCUT2D eigenvalue weighted by molar-refractivity contribution is 6.18. The molecule has 1 unspecified atom stereocenters. The van der Waals surface area contributed by atoms with Crippen LogP contribution in [0, 0.1) is 0 Å². The van der Waals surface area contributed by atoms with E-state index in [0.29, 0.717) is 12.1 Å². The van der Waals surface area contributed by atoms with Gasteiger partial charge in [-0.3, -0.25) is 0 Å². The van der Waals surface area contributed by atoms with E-state index >= 15 is 0 Å². The number of hydrogen-bond acceptors (Lipinski definition) is 2. The van der Waals surface area contributed by atoms with Crippen molar-refractivity contribution in [1.82, 2.24) is 0 Å². The van der Waals surface area contributed by atoms with Gasteiger partial charge in [-0.2, -0.15) is 26.3 Å². The maximum Gasteiger partial charge on any atom is 0.416 e. The van der Waals surface area contributed by atoms with Crippen LogP contribution in [0.25, 0.3) is 0 Å². The molecule has 0 fully saturated rings. The fourth-order valence-corrected chi connectivity index (χ4v) is 1.34. The van der Waals surface area contributed by atoms with Crippen LogP contribution in [0.1, 0.15) is 11.1 Å². The molecule has 1 aromatic rings. The highest BCUT2D eigenvalue weighted by Gasteiger charge is 2.37. The fraction of sp³-hybridized carbons (Fsp3) is 0.455. The summed E-state index contributed by atoms with van der Waals surface area (Å²) in [6.45, 7) is -0.512. The van der Waals surface area contributed by atoms with Crippen LogP contribution in [0.15, 0.2) is 18.2 Å². The number of halogens is 7. The first-order valence-electron chi connectivity index (χ1n) is 5.20. The van der Waals surface area contributed by atoms with Gasteiger partial charge in [-0.15, -0.1) is 11.6 Å². The lowest BCUT2D eigenvalue weighted by molar-refractivity contribution is -0.143. The van der Waals surface area contributed by atoms with Crippen LogP contribution >= 0.6 is 11.6 Å². The Balaban J connectivity index is 3.11. The van der Waals surface area contributed by atoms with E-state index in [-0.39, 0.29) is 11.9 Å². The standard InChI is InChI=1S/C11H9ClF6O2/c12-4-8(19)5-20-9-2-6(10(13,14)15)1-7(3-9)11(16,17)18/h1-3,8,19H,4-5H2. The molecule has 1 rings (SSSR count). The molecule has 9 heteroatoms. The second-order valence-corrected chi connectivity index (χ2v) is 4.17. The first kappa shape index (κ1) is 16.9. The summed E-state index contributed by atoms with van der Waals surface area (Å²) in [6.07, 6.45) is -11.1. The number of hydrogen-bond donors (Lipinski definition) is 1. The summed E-state index contributed by atoms with van der Waals surface area (Å²) in [5.41, 5.74) is -2.97. The Morgan fingerprint density at radius 2 is 1.45 bits per heavy atom. The van der Waals surface area contributed by atoms with Gasteiger partial charge in [0.2, 0.25) is 0 Å². The van der Waals surface area contributed by atoms with Crippen LogP contribution in [-0.4, -0.2) is 23.7 Å². The second kappa shape index (κ2) is 6.09. The molecule has 0 aliphatic carbocycles. The highest BCUT2D eigenvalue weighted by atomic mass is 35.5. The molecule has 0 saturated carbocycles. The van der Waals surface area contributed by atoms with Crippen LogP contribution < -0.4 is 4.74 Å². The molecule has 0 saturated heterocycles. The van der Waals surface area contributed by atoms with Gasteiger partial charge in [0.15, 0.2) is 0 Å². The normalized spacial score (nSPS) is 14.2. The summed E-state index contributed by atoms with van der Waals surface area (Å²) in [5.74, 6) is -0.901. The van der Waals surface area contributed by atoms with Crippen molar-refractivity contribution in [3.05, 3.63) is 29.3 Å². The molecule has 0 aliphatic rings. The van der Waals surface area contributed by atoms with Crippen molar-refractivity contribution in [1.29, 1.82) is 0 Å². The van der Waals surface area contributed by atoms with E-state index in [9.17, 15) is 26.3 Å². The minimum atomic E-state index is -4.94. The van der Waals surface area contributed by atoms with E-state index in [1.54, 1.807) is 0 Å². The molecule has 1 N–H and O–H groups in total. The zero-order valence-corrected chi connectivity index (χ0v) is 10.5. The third-order valence-corrected chi connectivity index (χ3v) is 2.54. The highest BCUT2D eigenvalue weighted by Crippen LogP contribution is 2.38. The molecule has 0 aliphatic heterocycles. The van der Waals surface area contributed by atoms with Crippen molar-refractivity contribution in [2.75, 3.05) is 12.5 Å². The lowest BCUT2D eigenvalue weighted by atomic mass is 10.1. The number of alkyl halides is 7. The topological polar surface area (TPSA) is 29.5 Å². The van der Waals surface area contributed by atoms with Gasteiger partial charge in [0, 0.05) is 0 Å². The lowest BCUT2D eigenvalue weighted by Gasteiger charge is -2.15. The SMILES string of the molecule is OC(CCl)COc1cc(C(F)(F)F)cc(C(F)(F)F)c1. The monoisotopic (exact) mass is 322 g/mol. The Labute approximate surface area is 114 Å². The third-order valence-electron chi connectivity index (χ3n) is 2.18. The Hall–Kier alpha value is -1.15. The Bertz CT molecular complexity index is 425. The van der Waals surface area contributed by atoms with E-state index in [0.717, 1.165) is 0 Å². The van der Waals surface area contributed by atoms with Gasteiger partial charge in [-0.25, -0.2) is 0 Å². The molecule has 1 aromatic carbocycles. The minimum Gasteiger partial charge on any atom is -0.491 e. The second-order valence-electron chi connectivity index (χ2n) is 3.86. The summed E-state index contributed by atoms with van der Waals surface area (Å²) >= 11 is 5.24. The predicted molar refractivity (Wildman–Crippen MR) is 58.7 cm³/mol. The summed E-state index contributed by atoms with van der Waals surface area (Å²) in [4.78, 5) is 0. The molecular weight excluding hydrogens is 314 g/mol. The van der Waals surface area contributed by atoms with Gasteiger partial charge in [-0.1, -0.05) is 0 Å². The van der Waals surface area contributed by atoms with Crippen LogP contribution in [-0.2, 0) is 12.4 Å². The van der Waals surface area contributed by atoms with Crippen molar-refractivity contribution in [3.63, 3.8) is 0 Å². The van der Waals surface area contributed by atoms with Crippen molar-refractivity contribution in [3.8, 4) is 5.75 Å². The molecule has 0 heterocycles. The van der Waals surface area contributed by atoms with Gasteiger partial charge in [0.25, 0.3) is 0 Å². The van der Waals surface area contributed by atoms with E-state index in [1.807, 2.05) is 0 Å². The number of aliphatic hydroxyl groups is 1. The lowest BCUT2D eigenvalue weighted by Crippen LogP contribution is -2.19. The van der Waals surface area contributed by atoms with E-state index in [1.165, 1.54) is 0 Å². The summed E-state index contributed by atoms with van der Waals surface area (Å²) in [6, 6.07) is 0.844. The molecule has 0 bridgehead atoms. The molecule has 0 spiro atoms. The number of ether oxygens (including phenoxy) is 1. The van der Waals surface area contributed by atoms with Gasteiger partial charge >= 0.3 is 12.4 Å². The van der Waals surface area contributed by atoms with Gasteiger partial charge in [0.05, 0.1) is 17.0 Å². The third kappa shape index (κ3) is 4.75. The quantitative estimate of drug-likeness (QED) is 0.676. The molecule has 1 atom stereocenters. The number of rotatable bonds is 4. The molecule has 0 amide bonds. The average molecular weight is 323 g/mol. The summed E-state index contributed by atoms with van der Waals surface area (Å²) in [5, 5.41) is 9.08. The Kier molecular flexibility index (Phi) is 5.15. The van der Waals surface area contributed by atoms with Gasteiger partial charge < -0.3 is 9.84 Å². The Morgan fingerprint density at radius 1 is 1.00 bits per heavy atom. The fourth-order valence-electron chi connectivity index (χ4n) is 1.25. The van der Waals surface area contributed by atoms with Crippen molar-refractivity contribution < 1.29 is 36.2 Å². The van der Waals surface area contributed by atoms with E-state index in [2.05, 4.69) is 0 Å². The van der Waals surface area contributed by atoms with Crippen LogP contribution in [0.2, 0.25) is 0 Å². The molecule has 0 radical (unpaired) electrons. The van der Waals surface area contributed by atoms with Crippen molar-refractivity contribution in [2.45, 2.75) is 18.5 Å². The van der Waals surface area contributed by atoms with E-state index < -0.39 is 41.9 Å². The summed E-state index contributed by atoms with van der Waals surface area (Å²) < 4.78 is 79.7. The van der Waals surface area contributed by atoms with Crippen LogP contribution in [0.5, 0.6) is 5.75 Å². The van der Waals surface area contributed by atoms with Crippen LogP contribution in [0.3, 0.4) is 0 Å². The first-order valence-corrected chi connectivity index (χ1v) is 5.74. The first-order chi connectivity index (χ1) is 9.04. The van der Waals surface area contributed by atoms with E-state index in [4.69, 9.17) is 21.4 Å². The smallest absolute Gasteiger partial charge is 0.416 e. The van der Waals surface area contributed by atoms with Crippen molar-refractivity contribution >= 4 is 11.6 Å². The maximum absolute atomic E-state index is 12.5. The van der Waals surface area contributed by atoms with Gasteiger partial charge in [-0.05, 0) is 18.2 Å². The molecule has 114 valence electrons. The molecule has 2 nitrogen and oxygen atoms in total. The number of aliphatic hydroxyl groups excluding tert-OH is 1. The summed E-state index contributed by atoms with van der Waals surface area (Å²) in [7, 11) is 0. The van der Waals surface area contributed by atoms with Crippen molar-refractivity contribution in [2.24, 2.45) is 0 Å². The van der Waals surface area contributed by atoms with Gasteiger partial charge in [0.1, 0.15) is 18.5 Å². The minimum absolute atomic E-state index is 0.00909. The zero-order chi connectivity index (χ0) is 15.6.